The number of anilines is 1. The summed E-state index contributed by atoms with van der Waals surface area (Å²) >= 11 is 1.51. The van der Waals surface area contributed by atoms with Crippen molar-refractivity contribution in [3.05, 3.63) is 35.5 Å². The van der Waals surface area contributed by atoms with Crippen molar-refractivity contribution in [2.24, 2.45) is 0 Å². The van der Waals surface area contributed by atoms with Crippen LogP contribution in [0.1, 0.15) is 25.1 Å². The van der Waals surface area contributed by atoms with Crippen LogP contribution in [0.25, 0.3) is 11.1 Å². The van der Waals surface area contributed by atoms with Gasteiger partial charge in [-0.05, 0) is 13.0 Å². The number of nitrogens with one attached hydrogen (secondary N) is 1. The molecule has 0 spiro atoms. The molecule has 8 heteroatoms. The molecule has 3 aromatic rings. The zero-order valence-corrected chi connectivity index (χ0v) is 15.5. The molecule has 4 rings (SSSR count). The van der Waals surface area contributed by atoms with Crippen LogP contribution in [-0.2, 0) is 11.3 Å². The predicted molar refractivity (Wildman–Crippen MR) is 99.3 cm³/mol. The number of fused-ring (bicyclic) bond motifs is 1. The van der Waals surface area contributed by atoms with Crippen LogP contribution in [0, 0.1) is 0 Å². The Kier molecular flexibility index (Phi) is 4.60. The standard InChI is InChI=1S/C18H20N4O3S/c1-11-7-13(25-17-4-3-16-15(21-17)5-6-24-16)9-22(11)10-14-8-19-18(26-14)20-12(2)23/h3-6,8,11,13H,7,9-10H2,1-2H3,(H,19,20,23)/t11-,13+/m0/s1. The van der Waals surface area contributed by atoms with Crippen molar-refractivity contribution < 1.29 is 13.9 Å². The normalized spacial score (nSPS) is 20.5. The average Bonchev–Trinajstić information content (AvgIpc) is 3.29. The number of carbonyl (C=O) groups is 1. The number of hydrogen-bond acceptors (Lipinski definition) is 7. The molecule has 3 aromatic heterocycles. The average molecular weight is 372 g/mol. The fraction of sp³-hybridized carbons (Fsp3) is 0.389. The van der Waals surface area contributed by atoms with Gasteiger partial charge in [0, 0.05) is 55.7 Å². The number of furan rings is 1. The van der Waals surface area contributed by atoms with Gasteiger partial charge in [-0.1, -0.05) is 0 Å². The quantitative estimate of drug-likeness (QED) is 0.740. The first-order valence-electron chi connectivity index (χ1n) is 8.54. The third-order valence-electron chi connectivity index (χ3n) is 4.43. The maximum atomic E-state index is 11.1. The Balaban J connectivity index is 1.37. The second-order valence-electron chi connectivity index (χ2n) is 6.52. The number of carbonyl (C=O) groups excluding carboxylic acids is 1. The summed E-state index contributed by atoms with van der Waals surface area (Å²) in [5.74, 6) is 0.527. The van der Waals surface area contributed by atoms with Crippen LogP contribution in [0.2, 0.25) is 0 Å². The van der Waals surface area contributed by atoms with E-state index in [1.807, 2.05) is 24.4 Å². The van der Waals surface area contributed by atoms with Crippen LogP contribution >= 0.6 is 11.3 Å². The van der Waals surface area contributed by atoms with Crippen LogP contribution in [0.4, 0.5) is 5.13 Å². The molecule has 1 fully saturated rings. The van der Waals surface area contributed by atoms with E-state index >= 15 is 0 Å². The molecule has 1 aliphatic rings. The Bertz CT molecular complexity index is 922. The highest BCUT2D eigenvalue weighted by atomic mass is 32.1. The van der Waals surface area contributed by atoms with E-state index in [4.69, 9.17) is 9.15 Å². The molecule has 1 aliphatic heterocycles. The van der Waals surface area contributed by atoms with Gasteiger partial charge in [0.2, 0.25) is 11.8 Å². The number of thiazole rings is 1. The molecule has 0 aliphatic carbocycles. The van der Waals surface area contributed by atoms with Crippen molar-refractivity contribution in [1.29, 1.82) is 0 Å². The third kappa shape index (κ3) is 3.71. The summed E-state index contributed by atoms with van der Waals surface area (Å²) in [5, 5.41) is 3.37. The molecule has 1 saturated heterocycles. The predicted octanol–water partition coefficient (Wildman–Crippen LogP) is 3.28. The summed E-state index contributed by atoms with van der Waals surface area (Å²) in [5.41, 5.74) is 1.57. The minimum absolute atomic E-state index is 0.101. The number of hydrogen-bond donors (Lipinski definition) is 1. The highest BCUT2D eigenvalue weighted by Crippen LogP contribution is 2.27. The topological polar surface area (TPSA) is 80.5 Å². The van der Waals surface area contributed by atoms with Crippen LogP contribution in [-0.4, -0.2) is 39.5 Å². The first kappa shape index (κ1) is 17.0. The zero-order chi connectivity index (χ0) is 18.1. The van der Waals surface area contributed by atoms with Gasteiger partial charge in [0.1, 0.15) is 11.6 Å². The first-order chi connectivity index (χ1) is 12.6. The molecule has 1 amide bonds. The number of aromatic nitrogens is 2. The number of rotatable bonds is 5. The molecule has 0 bridgehead atoms. The van der Waals surface area contributed by atoms with Crippen molar-refractivity contribution in [2.45, 2.75) is 39.0 Å². The van der Waals surface area contributed by atoms with Gasteiger partial charge in [0.05, 0.1) is 6.26 Å². The van der Waals surface area contributed by atoms with E-state index in [2.05, 4.69) is 27.1 Å². The SMILES string of the molecule is CC(=O)Nc1ncc(CN2C[C@H](Oc3ccc4occc4n3)C[C@@H]2C)s1. The van der Waals surface area contributed by atoms with Crippen molar-refractivity contribution in [2.75, 3.05) is 11.9 Å². The van der Waals surface area contributed by atoms with Gasteiger partial charge < -0.3 is 14.5 Å². The lowest BCUT2D eigenvalue weighted by atomic mass is 10.2. The van der Waals surface area contributed by atoms with E-state index in [0.29, 0.717) is 17.1 Å². The largest absolute Gasteiger partial charge is 0.473 e. The molecular weight excluding hydrogens is 352 g/mol. The van der Waals surface area contributed by atoms with Gasteiger partial charge in [0.25, 0.3) is 0 Å². The fourth-order valence-corrected chi connectivity index (χ4v) is 4.10. The minimum Gasteiger partial charge on any atom is -0.473 e. The van der Waals surface area contributed by atoms with Crippen LogP contribution < -0.4 is 10.1 Å². The number of pyridine rings is 1. The van der Waals surface area contributed by atoms with Gasteiger partial charge >= 0.3 is 0 Å². The molecule has 0 aromatic carbocycles. The highest BCUT2D eigenvalue weighted by Gasteiger charge is 2.31. The Morgan fingerprint density at radius 1 is 1.46 bits per heavy atom. The summed E-state index contributed by atoms with van der Waals surface area (Å²) in [7, 11) is 0. The molecule has 0 saturated carbocycles. The Hall–Kier alpha value is -2.45. The van der Waals surface area contributed by atoms with Gasteiger partial charge in [-0.25, -0.2) is 9.97 Å². The zero-order valence-electron chi connectivity index (χ0n) is 14.6. The van der Waals surface area contributed by atoms with E-state index in [0.717, 1.165) is 35.5 Å². The lowest BCUT2D eigenvalue weighted by Crippen LogP contribution is -2.27. The summed E-state index contributed by atoms with van der Waals surface area (Å²) in [6, 6.07) is 5.97. The summed E-state index contributed by atoms with van der Waals surface area (Å²) in [6.07, 6.45) is 4.50. The van der Waals surface area contributed by atoms with E-state index in [-0.39, 0.29) is 12.0 Å². The van der Waals surface area contributed by atoms with Gasteiger partial charge in [0.15, 0.2) is 10.7 Å². The monoisotopic (exact) mass is 372 g/mol. The number of likely N-dealkylation sites (tertiary alicyclic amines) is 1. The van der Waals surface area contributed by atoms with Crippen molar-refractivity contribution in [3.63, 3.8) is 0 Å². The summed E-state index contributed by atoms with van der Waals surface area (Å²) < 4.78 is 11.4. The lowest BCUT2D eigenvalue weighted by molar-refractivity contribution is -0.114. The number of amides is 1. The van der Waals surface area contributed by atoms with E-state index in [1.165, 1.54) is 18.3 Å². The van der Waals surface area contributed by atoms with Crippen molar-refractivity contribution in [3.8, 4) is 5.88 Å². The van der Waals surface area contributed by atoms with E-state index in [9.17, 15) is 4.79 Å². The molecular formula is C18H20N4O3S. The molecule has 2 atom stereocenters. The molecule has 7 nitrogen and oxygen atoms in total. The van der Waals surface area contributed by atoms with Gasteiger partial charge in [-0.15, -0.1) is 11.3 Å². The highest BCUT2D eigenvalue weighted by molar-refractivity contribution is 7.15. The van der Waals surface area contributed by atoms with Gasteiger partial charge in [-0.3, -0.25) is 9.69 Å². The number of nitrogens with zero attached hydrogens (tertiary/aromatic N) is 3. The van der Waals surface area contributed by atoms with Crippen LogP contribution in [0.5, 0.6) is 5.88 Å². The van der Waals surface area contributed by atoms with Crippen LogP contribution in [0.15, 0.2) is 35.1 Å². The molecule has 4 heterocycles. The van der Waals surface area contributed by atoms with E-state index in [1.54, 1.807) is 6.26 Å². The molecule has 136 valence electrons. The Labute approximate surface area is 155 Å². The molecule has 0 unspecified atom stereocenters. The van der Waals surface area contributed by atoms with E-state index < -0.39 is 0 Å². The second-order valence-corrected chi connectivity index (χ2v) is 7.64. The fourth-order valence-electron chi connectivity index (χ4n) is 3.21. The Morgan fingerprint density at radius 3 is 3.19 bits per heavy atom. The molecule has 26 heavy (non-hydrogen) atoms. The van der Waals surface area contributed by atoms with Crippen molar-refractivity contribution >= 4 is 33.5 Å². The molecule has 0 radical (unpaired) electrons. The maximum absolute atomic E-state index is 11.1. The van der Waals surface area contributed by atoms with Crippen molar-refractivity contribution in [1.82, 2.24) is 14.9 Å². The third-order valence-corrected chi connectivity index (χ3v) is 5.33. The maximum Gasteiger partial charge on any atom is 0.223 e. The molecule has 1 N–H and O–H groups in total. The Morgan fingerprint density at radius 2 is 2.35 bits per heavy atom. The van der Waals surface area contributed by atoms with Gasteiger partial charge in [-0.2, -0.15) is 0 Å². The second kappa shape index (κ2) is 7.05. The minimum atomic E-state index is -0.101. The number of ether oxygens (including phenoxy) is 1. The summed E-state index contributed by atoms with van der Waals surface area (Å²) in [6.45, 7) is 5.32. The smallest absolute Gasteiger partial charge is 0.223 e. The summed E-state index contributed by atoms with van der Waals surface area (Å²) in [4.78, 5) is 23.3. The first-order valence-corrected chi connectivity index (χ1v) is 9.36. The van der Waals surface area contributed by atoms with Crippen LogP contribution in [0.3, 0.4) is 0 Å². The lowest BCUT2D eigenvalue weighted by Gasteiger charge is -2.19.